The van der Waals surface area contributed by atoms with Crippen LogP contribution in [0.5, 0.6) is 0 Å². The van der Waals surface area contributed by atoms with E-state index in [1.807, 2.05) is 30.3 Å². The van der Waals surface area contributed by atoms with Gasteiger partial charge in [-0.1, -0.05) is 60.1 Å². The molecule has 148 valence electrons. The quantitative estimate of drug-likeness (QED) is 0.296. The third-order valence-electron chi connectivity index (χ3n) is 4.81. The van der Waals surface area contributed by atoms with E-state index in [4.69, 9.17) is 11.6 Å². The van der Waals surface area contributed by atoms with Crippen molar-refractivity contribution in [3.8, 4) is 0 Å². The van der Waals surface area contributed by atoms with Crippen LogP contribution in [0.4, 0.5) is 11.4 Å². The molecule has 30 heavy (non-hydrogen) atoms. The number of halogens is 1. The zero-order valence-corrected chi connectivity index (χ0v) is 16.8. The molecule has 3 aromatic rings. The van der Waals surface area contributed by atoms with E-state index in [2.05, 4.69) is 0 Å². The van der Waals surface area contributed by atoms with Crippen LogP contribution in [-0.2, 0) is 4.79 Å². The molecule has 0 N–H and O–H groups in total. The highest BCUT2D eigenvalue weighted by atomic mass is 35.5. The van der Waals surface area contributed by atoms with Crippen LogP contribution in [0.3, 0.4) is 0 Å². The molecule has 0 fully saturated rings. The summed E-state index contributed by atoms with van der Waals surface area (Å²) in [6.45, 7) is 1.78. The summed E-state index contributed by atoms with van der Waals surface area (Å²) in [7, 11) is 0. The number of nitro groups is 1. The minimum Gasteiger partial charge on any atom is -0.270 e. The van der Waals surface area contributed by atoms with Crippen molar-refractivity contribution in [1.29, 1.82) is 0 Å². The van der Waals surface area contributed by atoms with Crippen LogP contribution in [0, 0.1) is 17.0 Å². The highest BCUT2D eigenvalue weighted by molar-refractivity contribution is 6.30. The summed E-state index contributed by atoms with van der Waals surface area (Å²) in [5.74, 6) is -0.323. The molecular weight excluding hydrogens is 400 g/mol. The van der Waals surface area contributed by atoms with Gasteiger partial charge < -0.3 is 0 Å². The van der Waals surface area contributed by atoms with Crippen LogP contribution in [-0.4, -0.2) is 10.8 Å². The molecule has 0 radical (unpaired) electrons. The summed E-state index contributed by atoms with van der Waals surface area (Å²) in [5.41, 5.74) is 3.46. The first-order valence-corrected chi connectivity index (χ1v) is 9.66. The SMILES string of the molecule is Cc1ccc(N2C(=O)/C(=C/c3ccccc3)C=C2c2ccc(Cl)cc2)c([N+](=O)[O-])c1. The molecule has 0 spiro atoms. The van der Waals surface area contributed by atoms with Gasteiger partial charge in [0, 0.05) is 16.7 Å². The maximum atomic E-state index is 13.4. The second-order valence-electron chi connectivity index (χ2n) is 6.94. The molecule has 0 aromatic heterocycles. The summed E-state index contributed by atoms with van der Waals surface area (Å²) >= 11 is 6.02. The number of nitro benzene ring substituents is 1. The summed E-state index contributed by atoms with van der Waals surface area (Å²) < 4.78 is 0. The largest absolute Gasteiger partial charge is 0.293 e. The molecule has 0 saturated carbocycles. The lowest BCUT2D eigenvalue weighted by Gasteiger charge is -2.21. The molecule has 3 aromatic carbocycles. The minimum atomic E-state index is -0.464. The number of carbonyl (C=O) groups excluding carboxylic acids is 1. The third-order valence-corrected chi connectivity index (χ3v) is 5.07. The van der Waals surface area contributed by atoms with Crippen molar-refractivity contribution in [2.45, 2.75) is 6.92 Å². The van der Waals surface area contributed by atoms with Crippen molar-refractivity contribution >= 4 is 40.7 Å². The summed E-state index contributed by atoms with van der Waals surface area (Å²) in [5, 5.41) is 12.3. The van der Waals surface area contributed by atoms with Crippen molar-refractivity contribution in [3.63, 3.8) is 0 Å². The van der Waals surface area contributed by atoms with Crippen molar-refractivity contribution < 1.29 is 9.72 Å². The topological polar surface area (TPSA) is 63.5 Å². The van der Waals surface area contributed by atoms with E-state index in [1.54, 1.807) is 55.5 Å². The van der Waals surface area contributed by atoms with E-state index < -0.39 is 4.92 Å². The van der Waals surface area contributed by atoms with E-state index in [1.165, 1.54) is 11.0 Å². The molecule has 1 aliphatic rings. The van der Waals surface area contributed by atoms with Gasteiger partial charge in [0.15, 0.2) is 0 Å². The minimum absolute atomic E-state index is 0.121. The molecule has 1 aliphatic heterocycles. The van der Waals surface area contributed by atoms with E-state index in [9.17, 15) is 14.9 Å². The van der Waals surface area contributed by atoms with Crippen LogP contribution in [0.1, 0.15) is 16.7 Å². The van der Waals surface area contributed by atoms with Gasteiger partial charge in [0.1, 0.15) is 5.69 Å². The Labute approximate surface area is 178 Å². The first-order valence-electron chi connectivity index (χ1n) is 9.28. The van der Waals surface area contributed by atoms with E-state index in [-0.39, 0.29) is 17.3 Å². The molecule has 1 amide bonds. The lowest BCUT2D eigenvalue weighted by molar-refractivity contribution is -0.384. The van der Waals surface area contributed by atoms with Crippen molar-refractivity contribution in [2.75, 3.05) is 4.90 Å². The normalized spacial score (nSPS) is 14.9. The predicted molar refractivity (Wildman–Crippen MR) is 119 cm³/mol. The first kappa shape index (κ1) is 19.6. The Morgan fingerprint density at radius 3 is 2.37 bits per heavy atom. The number of nitrogens with zero attached hydrogens (tertiary/aromatic N) is 2. The number of amides is 1. The Hall–Kier alpha value is -3.70. The van der Waals surface area contributed by atoms with Gasteiger partial charge in [-0.15, -0.1) is 0 Å². The third kappa shape index (κ3) is 3.75. The number of rotatable bonds is 4. The van der Waals surface area contributed by atoms with Gasteiger partial charge in [-0.3, -0.25) is 19.8 Å². The number of aryl methyl sites for hydroxylation is 1. The Morgan fingerprint density at radius 2 is 1.70 bits per heavy atom. The fourth-order valence-corrected chi connectivity index (χ4v) is 3.51. The highest BCUT2D eigenvalue weighted by Gasteiger charge is 2.34. The fourth-order valence-electron chi connectivity index (χ4n) is 3.39. The van der Waals surface area contributed by atoms with Gasteiger partial charge in [-0.25, -0.2) is 0 Å². The second kappa shape index (κ2) is 7.97. The summed E-state index contributed by atoms with van der Waals surface area (Å²) in [4.78, 5) is 26.0. The molecule has 0 unspecified atom stereocenters. The van der Waals surface area contributed by atoms with Crippen molar-refractivity contribution in [3.05, 3.63) is 116 Å². The Balaban J connectivity index is 1.89. The Kier molecular flexibility index (Phi) is 5.21. The number of carbonyl (C=O) groups is 1. The van der Waals surface area contributed by atoms with Gasteiger partial charge in [0.05, 0.1) is 10.6 Å². The summed E-state index contributed by atoms with van der Waals surface area (Å²) in [6.07, 6.45) is 3.53. The second-order valence-corrected chi connectivity index (χ2v) is 7.37. The van der Waals surface area contributed by atoms with E-state index in [0.717, 1.165) is 16.7 Å². The molecule has 6 heteroatoms. The number of hydrogen-bond acceptors (Lipinski definition) is 3. The number of anilines is 1. The maximum Gasteiger partial charge on any atom is 0.293 e. The zero-order valence-electron chi connectivity index (χ0n) is 16.1. The van der Waals surface area contributed by atoms with Crippen LogP contribution in [0.25, 0.3) is 11.8 Å². The first-order chi connectivity index (χ1) is 14.4. The smallest absolute Gasteiger partial charge is 0.270 e. The lowest BCUT2D eigenvalue weighted by atomic mass is 10.1. The van der Waals surface area contributed by atoms with Gasteiger partial charge in [-0.2, -0.15) is 0 Å². The molecular formula is C24H17ClN2O3. The average molecular weight is 417 g/mol. The van der Waals surface area contributed by atoms with Crippen molar-refractivity contribution in [1.82, 2.24) is 0 Å². The van der Waals surface area contributed by atoms with Crippen LogP contribution in [0.2, 0.25) is 5.02 Å². The predicted octanol–water partition coefficient (Wildman–Crippen LogP) is 6.03. The molecule has 1 heterocycles. The molecule has 5 nitrogen and oxygen atoms in total. The van der Waals surface area contributed by atoms with Crippen LogP contribution >= 0.6 is 11.6 Å². The van der Waals surface area contributed by atoms with E-state index in [0.29, 0.717) is 16.3 Å². The van der Waals surface area contributed by atoms with Crippen LogP contribution in [0.15, 0.2) is 84.4 Å². The van der Waals surface area contributed by atoms with Gasteiger partial charge in [0.25, 0.3) is 11.6 Å². The Bertz CT molecular complexity index is 1200. The van der Waals surface area contributed by atoms with Crippen molar-refractivity contribution in [2.24, 2.45) is 0 Å². The zero-order chi connectivity index (χ0) is 21.3. The molecule has 0 bridgehead atoms. The maximum absolute atomic E-state index is 13.4. The van der Waals surface area contributed by atoms with E-state index >= 15 is 0 Å². The molecule has 0 aliphatic carbocycles. The molecule has 4 rings (SSSR count). The number of hydrogen-bond donors (Lipinski definition) is 0. The number of benzene rings is 3. The lowest BCUT2D eigenvalue weighted by Crippen LogP contribution is -2.25. The molecule has 0 atom stereocenters. The highest BCUT2D eigenvalue weighted by Crippen LogP contribution is 2.40. The van der Waals surface area contributed by atoms with Gasteiger partial charge in [-0.05, 0) is 54.0 Å². The Morgan fingerprint density at radius 1 is 1.00 bits per heavy atom. The summed E-state index contributed by atoms with van der Waals surface area (Å²) in [6, 6.07) is 21.3. The van der Waals surface area contributed by atoms with Gasteiger partial charge in [0.2, 0.25) is 0 Å². The average Bonchev–Trinajstić information content (AvgIpc) is 3.05. The fraction of sp³-hybridized carbons (Fsp3) is 0.0417. The van der Waals surface area contributed by atoms with Crippen LogP contribution < -0.4 is 4.90 Å². The standard InChI is InChI=1S/C24H17ClN2O3/c1-16-7-12-21(23(13-16)27(29)30)26-22(18-8-10-20(25)11-9-18)15-19(24(26)28)14-17-5-3-2-4-6-17/h2-15H,1H3/b19-14+. The van der Waals surface area contributed by atoms with Gasteiger partial charge >= 0.3 is 0 Å². The molecule has 0 saturated heterocycles. The monoisotopic (exact) mass is 416 g/mol.